The van der Waals surface area contributed by atoms with E-state index < -0.39 is 0 Å². The van der Waals surface area contributed by atoms with Crippen LogP contribution in [0.25, 0.3) is 0 Å². The molecule has 0 aliphatic heterocycles. The number of hydrogen-bond acceptors (Lipinski definition) is 0. The van der Waals surface area contributed by atoms with E-state index in [0.29, 0.717) is 0 Å². The van der Waals surface area contributed by atoms with Crippen LogP contribution in [0.2, 0.25) is 0 Å². The second-order valence-corrected chi connectivity index (χ2v) is 4.77. The maximum atomic E-state index is 3.55. The second kappa shape index (κ2) is 5.52. The molecule has 2 rings (SSSR count). The van der Waals surface area contributed by atoms with Gasteiger partial charge >= 0.3 is 0 Å². The summed E-state index contributed by atoms with van der Waals surface area (Å²) < 4.78 is 0. The minimum absolute atomic E-state index is 1.15. The molecule has 0 saturated heterocycles. The van der Waals surface area contributed by atoms with Crippen LogP contribution in [0.5, 0.6) is 0 Å². The van der Waals surface area contributed by atoms with E-state index in [-0.39, 0.29) is 0 Å². The monoisotopic (exact) mass is 214 g/mol. The van der Waals surface area contributed by atoms with E-state index in [1.807, 2.05) is 0 Å². The highest BCUT2D eigenvalue weighted by molar-refractivity contribution is 5.44. The van der Waals surface area contributed by atoms with Crippen molar-refractivity contribution in [3.8, 4) is 0 Å². The first kappa shape index (κ1) is 11.7. The highest BCUT2D eigenvalue weighted by Gasteiger charge is 2.14. The molecule has 0 spiro atoms. The van der Waals surface area contributed by atoms with Crippen molar-refractivity contribution in [2.75, 3.05) is 0 Å². The standard InChI is InChI=1S/C16H22/c1-3-5-8-14-11-13(4-2)12-15-9-6-7-10-16(14)15/h11-12H,3-8,10H2,1-2H3. The second-order valence-electron chi connectivity index (χ2n) is 4.77. The number of benzene rings is 1. The van der Waals surface area contributed by atoms with Crippen molar-refractivity contribution in [3.63, 3.8) is 0 Å². The number of rotatable bonds is 4. The van der Waals surface area contributed by atoms with Crippen LogP contribution in [0.1, 0.15) is 61.8 Å². The average molecular weight is 214 g/mol. The van der Waals surface area contributed by atoms with Crippen molar-refractivity contribution in [3.05, 3.63) is 40.8 Å². The van der Waals surface area contributed by atoms with Gasteiger partial charge in [-0.05, 0) is 60.8 Å². The molecule has 0 bridgehead atoms. The van der Waals surface area contributed by atoms with E-state index in [0.717, 1.165) is 12.8 Å². The molecule has 0 N–H and O–H groups in total. The molecule has 0 aromatic heterocycles. The summed E-state index contributed by atoms with van der Waals surface area (Å²) in [5.74, 6) is 0. The molecule has 1 aromatic rings. The summed E-state index contributed by atoms with van der Waals surface area (Å²) in [7, 11) is 0. The molecule has 0 saturated carbocycles. The van der Waals surface area contributed by atoms with Crippen LogP contribution < -0.4 is 0 Å². The predicted octanol–water partition coefficient (Wildman–Crippen LogP) is 4.36. The third-order valence-electron chi connectivity index (χ3n) is 3.53. The quantitative estimate of drug-likeness (QED) is 0.698. The molecular formula is C16H22. The van der Waals surface area contributed by atoms with Gasteiger partial charge in [-0.1, -0.05) is 32.4 Å². The van der Waals surface area contributed by atoms with Crippen molar-refractivity contribution in [1.29, 1.82) is 0 Å². The van der Waals surface area contributed by atoms with Crippen molar-refractivity contribution in [2.24, 2.45) is 0 Å². The van der Waals surface area contributed by atoms with Gasteiger partial charge in [-0.15, -0.1) is 0 Å². The summed E-state index contributed by atoms with van der Waals surface area (Å²) in [4.78, 5) is 0. The number of aryl methyl sites for hydroxylation is 2. The summed E-state index contributed by atoms with van der Waals surface area (Å²) >= 11 is 0. The Labute approximate surface area is 100 Å². The van der Waals surface area contributed by atoms with Crippen molar-refractivity contribution >= 4 is 0 Å². The summed E-state index contributed by atoms with van der Waals surface area (Å²) in [5.41, 5.74) is 6.09. The molecule has 2 radical (unpaired) electrons. The Morgan fingerprint density at radius 3 is 2.88 bits per heavy atom. The summed E-state index contributed by atoms with van der Waals surface area (Å²) in [6.45, 7) is 4.52. The topological polar surface area (TPSA) is 0 Å². The van der Waals surface area contributed by atoms with E-state index in [9.17, 15) is 0 Å². The first-order valence-electron chi connectivity index (χ1n) is 6.73. The summed E-state index contributed by atoms with van der Waals surface area (Å²) in [5, 5.41) is 0. The minimum atomic E-state index is 1.15. The summed E-state index contributed by atoms with van der Waals surface area (Å²) in [6, 6.07) is 4.78. The van der Waals surface area contributed by atoms with Gasteiger partial charge in [-0.3, -0.25) is 0 Å². The number of fused-ring (bicyclic) bond motifs is 1. The van der Waals surface area contributed by atoms with E-state index in [1.54, 1.807) is 11.1 Å². The van der Waals surface area contributed by atoms with Crippen LogP contribution in [0, 0.1) is 6.42 Å². The summed E-state index contributed by atoms with van der Waals surface area (Å²) in [6.07, 6.45) is 12.3. The van der Waals surface area contributed by atoms with Crippen LogP contribution in [-0.4, -0.2) is 0 Å². The largest absolute Gasteiger partial charge is 0.0654 e. The zero-order chi connectivity index (χ0) is 11.4. The third-order valence-corrected chi connectivity index (χ3v) is 3.53. The fourth-order valence-corrected chi connectivity index (χ4v) is 2.53. The van der Waals surface area contributed by atoms with Crippen LogP contribution in [0.3, 0.4) is 0 Å². The van der Waals surface area contributed by atoms with Gasteiger partial charge in [-0.25, -0.2) is 0 Å². The predicted molar refractivity (Wildman–Crippen MR) is 69.7 cm³/mol. The Bertz CT molecular complexity index is 349. The van der Waals surface area contributed by atoms with E-state index in [4.69, 9.17) is 0 Å². The van der Waals surface area contributed by atoms with Crippen molar-refractivity contribution in [2.45, 2.75) is 58.8 Å². The molecule has 0 atom stereocenters. The fourth-order valence-electron chi connectivity index (χ4n) is 2.53. The Hall–Kier alpha value is -0.780. The van der Waals surface area contributed by atoms with Gasteiger partial charge in [0.05, 0.1) is 0 Å². The van der Waals surface area contributed by atoms with Crippen LogP contribution in [0.4, 0.5) is 0 Å². The lowest BCUT2D eigenvalue weighted by Crippen LogP contribution is -2.06. The number of hydrogen-bond donors (Lipinski definition) is 0. The van der Waals surface area contributed by atoms with Crippen molar-refractivity contribution < 1.29 is 0 Å². The lowest BCUT2D eigenvalue weighted by Gasteiger charge is -2.20. The molecule has 0 unspecified atom stereocenters. The Kier molecular flexibility index (Phi) is 4.04. The molecule has 0 heteroatoms. The number of unbranched alkanes of at least 4 members (excludes halogenated alkanes) is 1. The molecule has 86 valence electrons. The minimum Gasteiger partial charge on any atom is -0.0654 e. The lowest BCUT2D eigenvalue weighted by atomic mass is 9.85. The SMILES string of the molecule is CCCCc1cc(CC)cc2c1CCC[C]2. The van der Waals surface area contributed by atoms with Crippen molar-refractivity contribution in [1.82, 2.24) is 0 Å². The zero-order valence-corrected chi connectivity index (χ0v) is 10.6. The molecular weight excluding hydrogens is 192 g/mol. The maximum Gasteiger partial charge on any atom is 0.0168 e. The lowest BCUT2D eigenvalue weighted by molar-refractivity contribution is 0.738. The van der Waals surface area contributed by atoms with Crippen LogP contribution in [0.15, 0.2) is 12.1 Å². The fraction of sp³-hybridized carbons (Fsp3) is 0.562. The average Bonchev–Trinajstić information content (AvgIpc) is 2.35. The van der Waals surface area contributed by atoms with Gasteiger partial charge in [0.15, 0.2) is 0 Å². The maximum absolute atomic E-state index is 3.55. The van der Waals surface area contributed by atoms with Gasteiger partial charge < -0.3 is 0 Å². The van der Waals surface area contributed by atoms with Gasteiger partial charge in [-0.2, -0.15) is 0 Å². The molecule has 0 fully saturated rings. The normalized spacial score (nSPS) is 14.9. The molecule has 1 aliphatic rings. The Morgan fingerprint density at radius 2 is 2.12 bits per heavy atom. The van der Waals surface area contributed by atoms with E-state index in [1.165, 1.54) is 43.2 Å². The van der Waals surface area contributed by atoms with Gasteiger partial charge in [0.1, 0.15) is 0 Å². The first-order chi connectivity index (χ1) is 7.85. The smallest absolute Gasteiger partial charge is 0.0168 e. The molecule has 1 aromatic carbocycles. The van der Waals surface area contributed by atoms with E-state index in [2.05, 4.69) is 32.4 Å². The van der Waals surface area contributed by atoms with E-state index >= 15 is 0 Å². The highest BCUT2D eigenvalue weighted by Crippen LogP contribution is 2.28. The van der Waals surface area contributed by atoms with Crippen LogP contribution >= 0.6 is 0 Å². The Balaban J connectivity index is 2.31. The Morgan fingerprint density at radius 1 is 1.25 bits per heavy atom. The van der Waals surface area contributed by atoms with Gasteiger partial charge in [0.2, 0.25) is 0 Å². The molecule has 0 amide bonds. The third kappa shape index (κ3) is 2.48. The molecule has 16 heavy (non-hydrogen) atoms. The molecule has 1 aliphatic carbocycles. The molecule has 0 nitrogen and oxygen atoms in total. The highest BCUT2D eigenvalue weighted by atomic mass is 14.2. The molecule has 0 heterocycles. The van der Waals surface area contributed by atoms with Gasteiger partial charge in [0, 0.05) is 6.42 Å². The zero-order valence-electron chi connectivity index (χ0n) is 10.6. The van der Waals surface area contributed by atoms with Crippen LogP contribution in [-0.2, 0) is 19.3 Å². The van der Waals surface area contributed by atoms with Gasteiger partial charge in [0.25, 0.3) is 0 Å². The first-order valence-corrected chi connectivity index (χ1v) is 6.73.